The second-order valence-corrected chi connectivity index (χ2v) is 5.68. The van der Waals surface area contributed by atoms with Crippen LogP contribution in [0.25, 0.3) is 0 Å². The van der Waals surface area contributed by atoms with E-state index in [2.05, 4.69) is 34.5 Å². The molecule has 2 saturated heterocycles. The summed E-state index contributed by atoms with van der Waals surface area (Å²) in [5.41, 5.74) is 2.66. The first-order valence-electron chi connectivity index (χ1n) is 7.59. The highest BCUT2D eigenvalue weighted by Crippen LogP contribution is 2.29. The zero-order valence-electron chi connectivity index (χ0n) is 11.6. The van der Waals surface area contributed by atoms with E-state index in [1.54, 1.807) is 0 Å². The monoisotopic (exact) mass is 260 g/mol. The molecule has 2 aliphatic rings. The SMILES string of the molecule is c1ccc(N2CCCC2)c(NCC2CCCOC2)c1. The number of rotatable bonds is 4. The lowest BCUT2D eigenvalue weighted by atomic mass is 10.0. The Balaban J connectivity index is 1.62. The van der Waals surface area contributed by atoms with Crippen molar-refractivity contribution in [2.75, 3.05) is 43.1 Å². The number of nitrogens with zero attached hydrogens (tertiary/aromatic N) is 1. The van der Waals surface area contributed by atoms with Crippen LogP contribution in [0.3, 0.4) is 0 Å². The lowest BCUT2D eigenvalue weighted by molar-refractivity contribution is 0.0595. The van der Waals surface area contributed by atoms with Crippen LogP contribution in [0, 0.1) is 5.92 Å². The second-order valence-electron chi connectivity index (χ2n) is 5.68. The van der Waals surface area contributed by atoms with Gasteiger partial charge in [0.1, 0.15) is 0 Å². The van der Waals surface area contributed by atoms with Gasteiger partial charge < -0.3 is 15.0 Å². The molecule has 0 bridgehead atoms. The maximum Gasteiger partial charge on any atom is 0.0602 e. The van der Waals surface area contributed by atoms with E-state index in [9.17, 15) is 0 Å². The van der Waals surface area contributed by atoms with Crippen molar-refractivity contribution in [3.63, 3.8) is 0 Å². The van der Waals surface area contributed by atoms with Gasteiger partial charge in [0.25, 0.3) is 0 Å². The van der Waals surface area contributed by atoms with E-state index in [1.165, 1.54) is 50.1 Å². The van der Waals surface area contributed by atoms with Gasteiger partial charge in [0.05, 0.1) is 18.0 Å². The molecule has 1 unspecified atom stereocenters. The van der Waals surface area contributed by atoms with Gasteiger partial charge in [-0.05, 0) is 43.7 Å². The van der Waals surface area contributed by atoms with Crippen molar-refractivity contribution in [2.24, 2.45) is 5.92 Å². The zero-order chi connectivity index (χ0) is 12.9. The van der Waals surface area contributed by atoms with Gasteiger partial charge in [-0.15, -0.1) is 0 Å². The summed E-state index contributed by atoms with van der Waals surface area (Å²) in [6, 6.07) is 8.71. The Hall–Kier alpha value is -1.22. The molecule has 0 aliphatic carbocycles. The molecule has 2 aliphatic heterocycles. The standard InChI is InChI=1S/C16H24N2O/c1-2-8-16(18-9-3-4-10-18)15(7-1)17-12-14-6-5-11-19-13-14/h1-2,7-8,14,17H,3-6,9-13H2. The summed E-state index contributed by atoms with van der Waals surface area (Å²) in [4.78, 5) is 2.50. The van der Waals surface area contributed by atoms with Crippen LogP contribution >= 0.6 is 0 Å². The van der Waals surface area contributed by atoms with Crippen molar-refractivity contribution >= 4 is 11.4 Å². The Bertz CT molecular complexity index is 395. The normalized spacial score (nSPS) is 23.6. The molecule has 0 aromatic heterocycles. The molecule has 0 spiro atoms. The summed E-state index contributed by atoms with van der Waals surface area (Å²) in [6.07, 6.45) is 5.15. The van der Waals surface area contributed by atoms with Gasteiger partial charge in [-0.3, -0.25) is 0 Å². The Morgan fingerprint density at radius 1 is 1.16 bits per heavy atom. The number of hydrogen-bond acceptors (Lipinski definition) is 3. The van der Waals surface area contributed by atoms with Gasteiger partial charge in [0.15, 0.2) is 0 Å². The average molecular weight is 260 g/mol. The quantitative estimate of drug-likeness (QED) is 0.900. The van der Waals surface area contributed by atoms with Gasteiger partial charge in [0, 0.05) is 26.2 Å². The topological polar surface area (TPSA) is 24.5 Å². The van der Waals surface area contributed by atoms with E-state index in [4.69, 9.17) is 4.74 Å². The predicted octanol–water partition coefficient (Wildman–Crippen LogP) is 3.13. The van der Waals surface area contributed by atoms with E-state index < -0.39 is 0 Å². The number of hydrogen-bond donors (Lipinski definition) is 1. The fourth-order valence-electron chi connectivity index (χ4n) is 3.08. The molecule has 1 aromatic rings. The number of benzene rings is 1. The van der Waals surface area contributed by atoms with E-state index in [1.807, 2.05) is 0 Å². The molecule has 1 atom stereocenters. The average Bonchev–Trinajstić information content (AvgIpc) is 3.01. The molecular weight excluding hydrogens is 236 g/mol. The maximum atomic E-state index is 5.55. The highest BCUT2D eigenvalue weighted by Gasteiger charge is 2.17. The minimum Gasteiger partial charge on any atom is -0.383 e. The van der Waals surface area contributed by atoms with E-state index in [-0.39, 0.29) is 0 Å². The highest BCUT2D eigenvalue weighted by molar-refractivity contribution is 5.70. The molecule has 2 heterocycles. The van der Waals surface area contributed by atoms with Crippen LogP contribution in [0.4, 0.5) is 11.4 Å². The Morgan fingerprint density at radius 2 is 2.00 bits per heavy atom. The summed E-state index contributed by atoms with van der Waals surface area (Å²) < 4.78 is 5.55. The third-order valence-corrected chi connectivity index (χ3v) is 4.19. The van der Waals surface area contributed by atoms with Crippen LogP contribution in [0.15, 0.2) is 24.3 Å². The fourth-order valence-corrected chi connectivity index (χ4v) is 3.08. The van der Waals surface area contributed by atoms with E-state index in [0.29, 0.717) is 5.92 Å². The molecule has 0 amide bonds. The molecular formula is C16H24N2O. The minimum absolute atomic E-state index is 0.667. The smallest absolute Gasteiger partial charge is 0.0602 e. The van der Waals surface area contributed by atoms with Crippen LogP contribution in [-0.4, -0.2) is 32.8 Å². The van der Waals surface area contributed by atoms with E-state index >= 15 is 0 Å². The Labute approximate surface area is 115 Å². The van der Waals surface area contributed by atoms with Crippen molar-refractivity contribution < 1.29 is 4.74 Å². The van der Waals surface area contributed by atoms with Gasteiger partial charge in [0.2, 0.25) is 0 Å². The van der Waals surface area contributed by atoms with Gasteiger partial charge >= 0.3 is 0 Å². The summed E-state index contributed by atoms with van der Waals surface area (Å²) >= 11 is 0. The van der Waals surface area contributed by atoms with Crippen molar-refractivity contribution in [1.29, 1.82) is 0 Å². The fraction of sp³-hybridized carbons (Fsp3) is 0.625. The first-order valence-corrected chi connectivity index (χ1v) is 7.59. The Morgan fingerprint density at radius 3 is 2.79 bits per heavy atom. The first-order chi connectivity index (χ1) is 9.43. The number of nitrogens with one attached hydrogen (secondary N) is 1. The van der Waals surface area contributed by atoms with E-state index in [0.717, 1.165) is 19.8 Å². The lowest BCUT2D eigenvalue weighted by Crippen LogP contribution is -2.25. The van der Waals surface area contributed by atoms with Crippen LogP contribution in [-0.2, 0) is 4.74 Å². The van der Waals surface area contributed by atoms with Gasteiger partial charge in [-0.25, -0.2) is 0 Å². The molecule has 104 valence electrons. The second kappa shape index (κ2) is 6.29. The number of para-hydroxylation sites is 2. The number of ether oxygens (including phenoxy) is 1. The molecule has 3 nitrogen and oxygen atoms in total. The summed E-state index contributed by atoms with van der Waals surface area (Å²) in [5, 5.41) is 3.64. The van der Waals surface area contributed by atoms with Crippen LogP contribution in [0.2, 0.25) is 0 Å². The molecule has 3 rings (SSSR count). The Kier molecular flexibility index (Phi) is 4.23. The summed E-state index contributed by atoms with van der Waals surface area (Å²) in [7, 11) is 0. The highest BCUT2D eigenvalue weighted by atomic mass is 16.5. The molecule has 2 fully saturated rings. The molecule has 19 heavy (non-hydrogen) atoms. The third kappa shape index (κ3) is 3.21. The van der Waals surface area contributed by atoms with Crippen LogP contribution in [0.5, 0.6) is 0 Å². The third-order valence-electron chi connectivity index (χ3n) is 4.19. The maximum absolute atomic E-state index is 5.55. The predicted molar refractivity (Wildman–Crippen MR) is 79.9 cm³/mol. The zero-order valence-corrected chi connectivity index (χ0v) is 11.6. The molecule has 1 N–H and O–H groups in total. The van der Waals surface area contributed by atoms with Crippen molar-refractivity contribution in [1.82, 2.24) is 0 Å². The lowest BCUT2D eigenvalue weighted by Gasteiger charge is -2.25. The first kappa shape index (κ1) is 12.8. The molecule has 0 radical (unpaired) electrons. The van der Waals surface area contributed by atoms with Crippen molar-refractivity contribution in [3.05, 3.63) is 24.3 Å². The van der Waals surface area contributed by atoms with Crippen molar-refractivity contribution in [2.45, 2.75) is 25.7 Å². The molecule has 0 saturated carbocycles. The largest absolute Gasteiger partial charge is 0.383 e. The van der Waals surface area contributed by atoms with Crippen molar-refractivity contribution in [3.8, 4) is 0 Å². The minimum atomic E-state index is 0.667. The van der Waals surface area contributed by atoms with Crippen LogP contribution in [0.1, 0.15) is 25.7 Å². The number of anilines is 2. The summed E-state index contributed by atoms with van der Waals surface area (Å²) in [5.74, 6) is 0.667. The van der Waals surface area contributed by atoms with Crippen LogP contribution < -0.4 is 10.2 Å². The summed E-state index contributed by atoms with van der Waals surface area (Å²) in [6.45, 7) is 5.29. The van der Waals surface area contributed by atoms with Gasteiger partial charge in [-0.2, -0.15) is 0 Å². The molecule has 3 heteroatoms. The van der Waals surface area contributed by atoms with Gasteiger partial charge in [-0.1, -0.05) is 12.1 Å². The molecule has 1 aromatic carbocycles.